The molecule has 0 saturated heterocycles. The largest absolute Gasteiger partial charge is 0.325 e. The Bertz CT molecular complexity index is 699. The lowest BCUT2D eigenvalue weighted by atomic mass is 10.1. The van der Waals surface area contributed by atoms with E-state index >= 15 is 0 Å². The Labute approximate surface area is 110 Å². The number of carbonyl (C=O) groups is 1. The van der Waals surface area contributed by atoms with Crippen LogP contribution in [0.25, 0.3) is 10.8 Å². The molecule has 2 aromatic carbocycles. The molecule has 4 nitrogen and oxygen atoms in total. The summed E-state index contributed by atoms with van der Waals surface area (Å²) < 4.78 is 0. The van der Waals surface area contributed by atoms with Crippen LogP contribution < -0.4 is 5.32 Å². The van der Waals surface area contributed by atoms with Crippen LogP contribution in [0.5, 0.6) is 0 Å². The van der Waals surface area contributed by atoms with Gasteiger partial charge in [0.05, 0.1) is 6.42 Å². The fourth-order valence-corrected chi connectivity index (χ4v) is 2.08. The second-order valence-corrected chi connectivity index (χ2v) is 4.33. The summed E-state index contributed by atoms with van der Waals surface area (Å²) in [5, 5.41) is 11.7. The number of aromatic nitrogens is 2. The standard InChI is InChI=1S/C15H13N3O/c19-15(10-12-8-9-16-18-12)17-14-7-3-5-11-4-1-2-6-13(11)14/h1-9H,10H2,(H,16,18)(H,17,19). The van der Waals surface area contributed by atoms with E-state index in [-0.39, 0.29) is 5.91 Å². The van der Waals surface area contributed by atoms with Crippen molar-refractivity contribution < 1.29 is 4.79 Å². The van der Waals surface area contributed by atoms with Gasteiger partial charge in [-0.3, -0.25) is 9.89 Å². The van der Waals surface area contributed by atoms with Crippen LogP contribution in [0.15, 0.2) is 54.7 Å². The summed E-state index contributed by atoms with van der Waals surface area (Å²) in [4.78, 5) is 12.0. The van der Waals surface area contributed by atoms with Crippen molar-refractivity contribution in [2.24, 2.45) is 0 Å². The minimum absolute atomic E-state index is 0.0550. The molecule has 3 aromatic rings. The fraction of sp³-hybridized carbons (Fsp3) is 0.0667. The molecule has 0 unspecified atom stereocenters. The van der Waals surface area contributed by atoms with Gasteiger partial charge in [0.2, 0.25) is 5.91 Å². The highest BCUT2D eigenvalue weighted by Gasteiger charge is 2.07. The topological polar surface area (TPSA) is 57.8 Å². The molecule has 0 saturated carbocycles. The molecule has 1 amide bonds. The lowest BCUT2D eigenvalue weighted by molar-refractivity contribution is -0.115. The third-order valence-electron chi connectivity index (χ3n) is 2.97. The van der Waals surface area contributed by atoms with Gasteiger partial charge >= 0.3 is 0 Å². The molecule has 3 rings (SSSR count). The molecule has 0 aliphatic rings. The zero-order valence-electron chi connectivity index (χ0n) is 10.3. The summed E-state index contributed by atoms with van der Waals surface area (Å²) in [6.45, 7) is 0. The Kier molecular flexibility index (Phi) is 2.98. The number of fused-ring (bicyclic) bond motifs is 1. The Hall–Kier alpha value is -2.62. The van der Waals surface area contributed by atoms with Crippen LogP contribution in [-0.4, -0.2) is 16.1 Å². The monoisotopic (exact) mass is 251 g/mol. The summed E-state index contributed by atoms with van der Waals surface area (Å²) in [6.07, 6.45) is 1.93. The minimum atomic E-state index is -0.0550. The summed E-state index contributed by atoms with van der Waals surface area (Å²) in [6, 6.07) is 15.6. The lowest BCUT2D eigenvalue weighted by Gasteiger charge is -2.08. The number of H-pyrrole nitrogens is 1. The summed E-state index contributed by atoms with van der Waals surface area (Å²) in [5.74, 6) is -0.0550. The highest BCUT2D eigenvalue weighted by molar-refractivity contribution is 6.02. The molecule has 4 heteroatoms. The van der Waals surface area contributed by atoms with Crippen molar-refractivity contribution in [1.29, 1.82) is 0 Å². The number of anilines is 1. The second kappa shape index (κ2) is 4.94. The van der Waals surface area contributed by atoms with Gasteiger partial charge < -0.3 is 5.32 Å². The van der Waals surface area contributed by atoms with E-state index in [4.69, 9.17) is 0 Å². The predicted molar refractivity (Wildman–Crippen MR) is 74.9 cm³/mol. The van der Waals surface area contributed by atoms with Crippen LogP contribution >= 0.6 is 0 Å². The molecule has 2 N–H and O–H groups in total. The number of carbonyl (C=O) groups excluding carboxylic acids is 1. The van der Waals surface area contributed by atoms with E-state index in [9.17, 15) is 4.79 Å². The normalized spacial score (nSPS) is 10.5. The number of hydrogen-bond acceptors (Lipinski definition) is 2. The van der Waals surface area contributed by atoms with E-state index < -0.39 is 0 Å². The molecular weight excluding hydrogens is 238 g/mol. The quantitative estimate of drug-likeness (QED) is 0.752. The van der Waals surface area contributed by atoms with Crippen LogP contribution in [0.2, 0.25) is 0 Å². The van der Waals surface area contributed by atoms with E-state index in [0.717, 1.165) is 22.2 Å². The van der Waals surface area contributed by atoms with Gasteiger partial charge in [0, 0.05) is 23.0 Å². The van der Waals surface area contributed by atoms with Crippen molar-refractivity contribution in [2.75, 3.05) is 5.32 Å². The second-order valence-electron chi connectivity index (χ2n) is 4.33. The van der Waals surface area contributed by atoms with E-state index in [0.29, 0.717) is 6.42 Å². The van der Waals surface area contributed by atoms with Crippen molar-refractivity contribution in [3.8, 4) is 0 Å². The van der Waals surface area contributed by atoms with E-state index in [1.165, 1.54) is 0 Å². The molecule has 94 valence electrons. The third-order valence-corrected chi connectivity index (χ3v) is 2.97. The highest BCUT2D eigenvalue weighted by Crippen LogP contribution is 2.22. The van der Waals surface area contributed by atoms with Crippen molar-refractivity contribution in [3.63, 3.8) is 0 Å². The maximum Gasteiger partial charge on any atom is 0.230 e. The number of nitrogens with one attached hydrogen (secondary N) is 2. The fourth-order valence-electron chi connectivity index (χ4n) is 2.08. The van der Waals surface area contributed by atoms with Gasteiger partial charge in [0.25, 0.3) is 0 Å². The van der Waals surface area contributed by atoms with Crippen LogP contribution in [0, 0.1) is 0 Å². The highest BCUT2D eigenvalue weighted by atomic mass is 16.1. The molecular formula is C15H13N3O. The van der Waals surface area contributed by atoms with Gasteiger partial charge in [-0.1, -0.05) is 36.4 Å². The van der Waals surface area contributed by atoms with Gasteiger partial charge in [0.1, 0.15) is 0 Å². The van der Waals surface area contributed by atoms with Gasteiger partial charge in [-0.2, -0.15) is 5.10 Å². The van der Waals surface area contributed by atoms with Crippen LogP contribution in [0.1, 0.15) is 5.69 Å². The van der Waals surface area contributed by atoms with Gasteiger partial charge in [-0.15, -0.1) is 0 Å². The molecule has 1 heterocycles. The molecule has 0 bridgehead atoms. The summed E-state index contributed by atoms with van der Waals surface area (Å²) >= 11 is 0. The average molecular weight is 251 g/mol. The van der Waals surface area contributed by atoms with Crippen LogP contribution in [0.4, 0.5) is 5.69 Å². The average Bonchev–Trinajstić information content (AvgIpc) is 2.92. The maximum atomic E-state index is 12.0. The predicted octanol–water partition coefficient (Wildman–Crippen LogP) is 2.74. The molecule has 1 aromatic heterocycles. The first-order valence-corrected chi connectivity index (χ1v) is 6.09. The molecule has 0 aliphatic carbocycles. The molecule has 0 fully saturated rings. The molecule has 0 spiro atoms. The van der Waals surface area contributed by atoms with Crippen LogP contribution in [0.3, 0.4) is 0 Å². The first-order chi connectivity index (χ1) is 9.33. The van der Waals surface area contributed by atoms with Crippen molar-refractivity contribution >= 4 is 22.4 Å². The number of hydrogen-bond donors (Lipinski definition) is 2. The summed E-state index contributed by atoms with van der Waals surface area (Å²) in [7, 11) is 0. The maximum absolute atomic E-state index is 12.0. The Morgan fingerprint density at radius 1 is 1.11 bits per heavy atom. The lowest BCUT2D eigenvalue weighted by Crippen LogP contribution is -2.14. The Balaban J connectivity index is 1.83. The zero-order valence-corrected chi connectivity index (χ0v) is 10.3. The van der Waals surface area contributed by atoms with Crippen molar-refractivity contribution in [3.05, 3.63) is 60.4 Å². The number of aromatic amines is 1. The first-order valence-electron chi connectivity index (χ1n) is 6.09. The van der Waals surface area contributed by atoms with E-state index in [2.05, 4.69) is 15.5 Å². The van der Waals surface area contributed by atoms with Crippen molar-refractivity contribution in [2.45, 2.75) is 6.42 Å². The van der Waals surface area contributed by atoms with E-state index in [1.807, 2.05) is 42.5 Å². The smallest absolute Gasteiger partial charge is 0.230 e. The zero-order chi connectivity index (χ0) is 13.1. The van der Waals surface area contributed by atoms with Gasteiger partial charge in [-0.05, 0) is 17.5 Å². The number of nitrogens with zero attached hydrogens (tertiary/aromatic N) is 1. The Morgan fingerprint density at radius 2 is 1.95 bits per heavy atom. The first kappa shape index (κ1) is 11.5. The van der Waals surface area contributed by atoms with Gasteiger partial charge in [-0.25, -0.2) is 0 Å². The van der Waals surface area contributed by atoms with Gasteiger partial charge in [0.15, 0.2) is 0 Å². The Morgan fingerprint density at radius 3 is 2.79 bits per heavy atom. The minimum Gasteiger partial charge on any atom is -0.325 e. The SMILES string of the molecule is O=C(Cc1ccn[nH]1)Nc1cccc2ccccc12. The molecule has 0 radical (unpaired) electrons. The molecule has 0 atom stereocenters. The van der Waals surface area contributed by atoms with Crippen LogP contribution in [-0.2, 0) is 11.2 Å². The third kappa shape index (κ3) is 2.47. The molecule has 19 heavy (non-hydrogen) atoms. The van der Waals surface area contributed by atoms with E-state index in [1.54, 1.807) is 12.3 Å². The number of benzene rings is 2. The summed E-state index contributed by atoms with van der Waals surface area (Å²) in [5.41, 5.74) is 1.64. The number of rotatable bonds is 3. The van der Waals surface area contributed by atoms with Crippen molar-refractivity contribution in [1.82, 2.24) is 10.2 Å². The number of amides is 1. The molecule has 0 aliphatic heterocycles.